The molecule has 0 radical (unpaired) electrons. The average Bonchev–Trinajstić information content (AvgIpc) is 3.04. The van der Waals surface area contributed by atoms with Crippen molar-refractivity contribution < 1.29 is 28.6 Å². The number of nitrogens with one attached hydrogen (secondary N) is 1. The summed E-state index contributed by atoms with van der Waals surface area (Å²) in [6.07, 6.45) is 1.53. The summed E-state index contributed by atoms with van der Waals surface area (Å²) in [7, 11) is 1.44. The van der Waals surface area contributed by atoms with E-state index in [1.54, 1.807) is 36.4 Å². The SMILES string of the molecule is COc1cc(/C=C2\N=C(c3ccc(NC(C)=O)cc3)OC2=O)cc(Br)c1OC(C)=O. The molecule has 2 aromatic carbocycles. The van der Waals surface area contributed by atoms with Crippen molar-refractivity contribution in [2.75, 3.05) is 12.4 Å². The van der Waals surface area contributed by atoms with Crippen LogP contribution in [0.4, 0.5) is 5.69 Å². The van der Waals surface area contributed by atoms with E-state index in [9.17, 15) is 14.4 Å². The number of cyclic esters (lactones) is 1. The molecule has 1 heterocycles. The number of hydrogen-bond donors (Lipinski definition) is 1. The van der Waals surface area contributed by atoms with Crippen LogP contribution in [-0.2, 0) is 19.1 Å². The zero-order valence-electron chi connectivity index (χ0n) is 16.3. The lowest BCUT2D eigenvalue weighted by atomic mass is 10.1. The van der Waals surface area contributed by atoms with Gasteiger partial charge < -0.3 is 19.5 Å². The summed E-state index contributed by atoms with van der Waals surface area (Å²) < 4.78 is 16.2. The first kappa shape index (κ1) is 21.3. The lowest BCUT2D eigenvalue weighted by molar-refractivity contribution is -0.132. The van der Waals surface area contributed by atoms with Crippen molar-refractivity contribution >= 4 is 51.4 Å². The first-order chi connectivity index (χ1) is 14.3. The van der Waals surface area contributed by atoms with E-state index >= 15 is 0 Å². The van der Waals surface area contributed by atoms with Crippen molar-refractivity contribution in [1.29, 1.82) is 0 Å². The number of carbonyl (C=O) groups is 3. The summed E-state index contributed by atoms with van der Waals surface area (Å²) in [6, 6.07) is 10.0. The lowest BCUT2D eigenvalue weighted by Crippen LogP contribution is -2.07. The van der Waals surface area contributed by atoms with Gasteiger partial charge in [0.1, 0.15) is 0 Å². The van der Waals surface area contributed by atoms with Gasteiger partial charge >= 0.3 is 11.9 Å². The zero-order valence-corrected chi connectivity index (χ0v) is 17.9. The van der Waals surface area contributed by atoms with Gasteiger partial charge in [-0.3, -0.25) is 9.59 Å². The van der Waals surface area contributed by atoms with Crippen LogP contribution in [0.1, 0.15) is 25.0 Å². The van der Waals surface area contributed by atoms with E-state index in [2.05, 4.69) is 26.2 Å². The van der Waals surface area contributed by atoms with Gasteiger partial charge in [-0.2, -0.15) is 0 Å². The molecular formula is C21H17BrN2O6. The highest BCUT2D eigenvalue weighted by molar-refractivity contribution is 9.10. The molecule has 0 unspecified atom stereocenters. The molecule has 1 aliphatic rings. The van der Waals surface area contributed by atoms with Crippen molar-refractivity contribution in [1.82, 2.24) is 0 Å². The average molecular weight is 473 g/mol. The summed E-state index contributed by atoms with van der Waals surface area (Å²) in [4.78, 5) is 38.9. The van der Waals surface area contributed by atoms with E-state index in [1.807, 2.05) is 0 Å². The fourth-order valence-electron chi connectivity index (χ4n) is 2.66. The Morgan fingerprint density at radius 2 is 1.87 bits per heavy atom. The van der Waals surface area contributed by atoms with Crippen LogP contribution in [0.15, 0.2) is 51.6 Å². The van der Waals surface area contributed by atoms with Crippen LogP contribution in [-0.4, -0.2) is 30.9 Å². The van der Waals surface area contributed by atoms with Crippen molar-refractivity contribution in [3.8, 4) is 11.5 Å². The summed E-state index contributed by atoms with van der Waals surface area (Å²) in [5, 5.41) is 2.66. The van der Waals surface area contributed by atoms with Crippen molar-refractivity contribution in [2.45, 2.75) is 13.8 Å². The fourth-order valence-corrected chi connectivity index (χ4v) is 3.20. The quantitative estimate of drug-likeness (QED) is 0.404. The third-order valence-electron chi connectivity index (χ3n) is 3.87. The molecular weight excluding hydrogens is 456 g/mol. The summed E-state index contributed by atoms with van der Waals surface area (Å²) in [5.74, 6) is -0.560. The number of aliphatic imine (C=N–C) groups is 1. The lowest BCUT2D eigenvalue weighted by Gasteiger charge is -2.11. The Hall–Kier alpha value is -3.46. The number of amides is 1. The largest absolute Gasteiger partial charge is 0.493 e. The van der Waals surface area contributed by atoms with Crippen molar-refractivity contribution in [3.05, 3.63) is 57.7 Å². The number of anilines is 1. The predicted molar refractivity (Wildman–Crippen MR) is 113 cm³/mol. The monoisotopic (exact) mass is 472 g/mol. The molecule has 1 amide bonds. The molecule has 0 bridgehead atoms. The van der Waals surface area contributed by atoms with E-state index in [0.29, 0.717) is 27.0 Å². The summed E-state index contributed by atoms with van der Waals surface area (Å²) >= 11 is 3.34. The van der Waals surface area contributed by atoms with Crippen LogP contribution >= 0.6 is 15.9 Å². The minimum Gasteiger partial charge on any atom is -0.493 e. The number of esters is 2. The molecule has 0 aromatic heterocycles. The molecule has 30 heavy (non-hydrogen) atoms. The van der Waals surface area contributed by atoms with E-state index in [4.69, 9.17) is 14.2 Å². The Labute approximate surface area is 180 Å². The Bertz CT molecular complexity index is 1090. The molecule has 0 saturated heterocycles. The molecule has 0 aliphatic carbocycles. The van der Waals surface area contributed by atoms with Gasteiger partial charge in [0.25, 0.3) is 0 Å². The number of halogens is 1. The van der Waals surface area contributed by atoms with Gasteiger partial charge in [0.15, 0.2) is 17.2 Å². The standard InChI is InChI=1S/C21H17BrN2O6/c1-11(25)23-15-6-4-14(5-7-15)20-24-17(21(27)30-20)9-13-8-16(22)19(29-12(2)26)18(10-13)28-3/h4-10H,1-3H3,(H,23,25)/b17-9-. The Kier molecular flexibility index (Phi) is 6.31. The number of rotatable bonds is 5. The van der Waals surface area contributed by atoms with E-state index in [-0.39, 0.29) is 23.3 Å². The number of ether oxygens (including phenoxy) is 3. The number of nitrogens with zero attached hydrogens (tertiary/aromatic N) is 1. The zero-order chi connectivity index (χ0) is 21.8. The van der Waals surface area contributed by atoms with Crippen LogP contribution in [0.2, 0.25) is 0 Å². The number of methoxy groups -OCH3 is 1. The third-order valence-corrected chi connectivity index (χ3v) is 4.46. The highest BCUT2D eigenvalue weighted by Crippen LogP contribution is 2.37. The molecule has 0 atom stereocenters. The first-order valence-corrected chi connectivity index (χ1v) is 9.52. The van der Waals surface area contributed by atoms with Gasteiger partial charge in [0.2, 0.25) is 11.8 Å². The second kappa shape index (κ2) is 8.91. The smallest absolute Gasteiger partial charge is 0.363 e. The first-order valence-electron chi connectivity index (χ1n) is 8.73. The van der Waals surface area contributed by atoms with Gasteiger partial charge in [-0.15, -0.1) is 0 Å². The van der Waals surface area contributed by atoms with E-state index in [0.717, 1.165) is 0 Å². The maximum absolute atomic E-state index is 12.3. The van der Waals surface area contributed by atoms with E-state index in [1.165, 1.54) is 27.0 Å². The molecule has 0 saturated carbocycles. The molecule has 0 spiro atoms. The molecule has 2 aromatic rings. The van der Waals surface area contributed by atoms with Gasteiger partial charge in [0.05, 0.1) is 11.6 Å². The minimum absolute atomic E-state index is 0.102. The molecule has 8 nitrogen and oxygen atoms in total. The van der Waals surface area contributed by atoms with Crippen LogP contribution in [0, 0.1) is 0 Å². The Morgan fingerprint density at radius 1 is 1.17 bits per heavy atom. The number of carbonyl (C=O) groups excluding carboxylic acids is 3. The maximum Gasteiger partial charge on any atom is 0.363 e. The molecule has 1 aliphatic heterocycles. The van der Waals surface area contributed by atoms with Gasteiger partial charge in [-0.1, -0.05) is 0 Å². The second-order valence-electron chi connectivity index (χ2n) is 6.22. The molecule has 1 N–H and O–H groups in total. The summed E-state index contributed by atoms with van der Waals surface area (Å²) in [5.41, 5.74) is 1.90. The van der Waals surface area contributed by atoms with Crippen LogP contribution in [0.5, 0.6) is 11.5 Å². The van der Waals surface area contributed by atoms with Crippen LogP contribution < -0.4 is 14.8 Å². The van der Waals surface area contributed by atoms with Gasteiger partial charge in [0, 0.05) is 25.1 Å². The van der Waals surface area contributed by atoms with Crippen molar-refractivity contribution in [2.24, 2.45) is 4.99 Å². The van der Waals surface area contributed by atoms with Crippen molar-refractivity contribution in [3.63, 3.8) is 0 Å². The number of benzene rings is 2. The fraction of sp³-hybridized carbons (Fsp3) is 0.143. The topological polar surface area (TPSA) is 103 Å². The molecule has 0 fully saturated rings. The molecule has 154 valence electrons. The van der Waals surface area contributed by atoms with Gasteiger partial charge in [-0.05, 0) is 64.0 Å². The van der Waals surface area contributed by atoms with Crippen LogP contribution in [0.25, 0.3) is 6.08 Å². The second-order valence-corrected chi connectivity index (χ2v) is 7.08. The highest BCUT2D eigenvalue weighted by atomic mass is 79.9. The molecule has 3 rings (SSSR count). The number of hydrogen-bond acceptors (Lipinski definition) is 7. The predicted octanol–water partition coefficient (Wildman–Crippen LogP) is 3.69. The highest BCUT2D eigenvalue weighted by Gasteiger charge is 2.24. The maximum atomic E-state index is 12.3. The Morgan fingerprint density at radius 3 is 2.47 bits per heavy atom. The minimum atomic E-state index is -0.602. The summed E-state index contributed by atoms with van der Waals surface area (Å²) in [6.45, 7) is 2.70. The van der Waals surface area contributed by atoms with Crippen LogP contribution in [0.3, 0.4) is 0 Å². The third kappa shape index (κ3) is 4.93. The van der Waals surface area contributed by atoms with E-state index < -0.39 is 11.9 Å². The van der Waals surface area contributed by atoms with Gasteiger partial charge in [-0.25, -0.2) is 9.79 Å². The Balaban J connectivity index is 1.89. The normalized spacial score (nSPS) is 14.2. The molecule has 9 heteroatoms.